The monoisotopic (exact) mass is 436 g/mol. The second-order valence-corrected chi connectivity index (χ2v) is 7.35. The van der Waals surface area contributed by atoms with E-state index < -0.39 is 18.1 Å². The van der Waals surface area contributed by atoms with Crippen LogP contribution in [0.1, 0.15) is 29.4 Å². The van der Waals surface area contributed by atoms with E-state index in [9.17, 15) is 23.1 Å². The molecular formula is C19H15F3N4O3S. The van der Waals surface area contributed by atoms with Gasteiger partial charge in [0.25, 0.3) is 0 Å². The Balaban J connectivity index is 1.86. The molecule has 0 amide bonds. The van der Waals surface area contributed by atoms with E-state index in [1.165, 1.54) is 42.4 Å². The van der Waals surface area contributed by atoms with Gasteiger partial charge < -0.3 is 14.4 Å². The minimum atomic E-state index is -4.84. The Morgan fingerprint density at radius 2 is 1.93 bits per heavy atom. The number of halogens is 3. The number of aromatic carboxylic acids is 1. The number of carboxylic acids is 1. The lowest BCUT2D eigenvalue weighted by Gasteiger charge is -2.12. The zero-order valence-corrected chi connectivity index (χ0v) is 16.4. The highest BCUT2D eigenvalue weighted by Gasteiger charge is 2.35. The highest BCUT2D eigenvalue weighted by atomic mass is 32.2. The molecule has 0 radical (unpaired) electrons. The number of imidazole rings is 1. The van der Waals surface area contributed by atoms with Gasteiger partial charge in [0.15, 0.2) is 10.9 Å². The van der Waals surface area contributed by atoms with Crippen LogP contribution < -0.4 is 4.74 Å². The van der Waals surface area contributed by atoms with Gasteiger partial charge in [0, 0.05) is 29.6 Å². The molecule has 1 aromatic carbocycles. The first-order valence-electron chi connectivity index (χ1n) is 8.85. The third-order valence-corrected chi connectivity index (χ3v) is 5.01. The van der Waals surface area contributed by atoms with E-state index in [2.05, 4.69) is 19.7 Å². The number of ether oxygens (including phenoxy) is 1. The van der Waals surface area contributed by atoms with Crippen molar-refractivity contribution >= 4 is 17.7 Å². The second-order valence-electron chi connectivity index (χ2n) is 6.57. The molecule has 0 saturated heterocycles. The molecule has 2 heterocycles. The average molecular weight is 436 g/mol. The SMILES string of the molecule is CSc1ncc(-c2nc(-c3cccc(OC(F)(F)F)c3)n(C3CC3)c2C(=O)O)cn1. The fourth-order valence-corrected chi connectivity index (χ4v) is 3.42. The third kappa shape index (κ3) is 4.11. The number of alkyl halides is 3. The molecule has 11 heteroatoms. The first-order valence-corrected chi connectivity index (χ1v) is 10.1. The molecule has 1 N–H and O–H groups in total. The molecule has 30 heavy (non-hydrogen) atoms. The van der Waals surface area contributed by atoms with Gasteiger partial charge in [-0.15, -0.1) is 13.2 Å². The molecule has 0 bridgehead atoms. The average Bonchev–Trinajstić information content (AvgIpc) is 3.45. The molecule has 0 atom stereocenters. The summed E-state index contributed by atoms with van der Waals surface area (Å²) in [5, 5.41) is 10.4. The number of rotatable bonds is 6. The lowest BCUT2D eigenvalue weighted by Crippen LogP contribution is -2.17. The number of hydrogen-bond donors (Lipinski definition) is 1. The Kier molecular flexibility index (Phi) is 5.14. The molecular weight excluding hydrogens is 421 g/mol. The van der Waals surface area contributed by atoms with Crippen LogP contribution in [0, 0.1) is 0 Å². The van der Waals surface area contributed by atoms with Gasteiger partial charge in [-0.3, -0.25) is 0 Å². The summed E-state index contributed by atoms with van der Waals surface area (Å²) in [5.74, 6) is -1.34. The van der Waals surface area contributed by atoms with E-state index in [1.807, 2.05) is 6.26 Å². The molecule has 2 aromatic heterocycles. The Morgan fingerprint density at radius 3 is 2.50 bits per heavy atom. The minimum absolute atomic E-state index is 0.0462. The molecule has 4 rings (SSSR count). The van der Waals surface area contributed by atoms with Gasteiger partial charge >= 0.3 is 12.3 Å². The summed E-state index contributed by atoms with van der Waals surface area (Å²) in [6.07, 6.45) is 1.45. The van der Waals surface area contributed by atoms with Crippen LogP contribution in [-0.4, -0.2) is 43.2 Å². The van der Waals surface area contributed by atoms with Gasteiger partial charge in [-0.05, 0) is 31.2 Å². The topological polar surface area (TPSA) is 90.1 Å². The summed E-state index contributed by atoms with van der Waals surface area (Å²) in [4.78, 5) is 24.9. The highest BCUT2D eigenvalue weighted by molar-refractivity contribution is 7.98. The lowest BCUT2D eigenvalue weighted by molar-refractivity contribution is -0.274. The van der Waals surface area contributed by atoms with Crippen molar-refractivity contribution in [3.8, 4) is 28.4 Å². The van der Waals surface area contributed by atoms with Gasteiger partial charge in [0.1, 0.15) is 17.3 Å². The van der Waals surface area contributed by atoms with Crippen molar-refractivity contribution in [2.45, 2.75) is 30.4 Å². The van der Waals surface area contributed by atoms with E-state index in [0.29, 0.717) is 16.3 Å². The first-order chi connectivity index (χ1) is 14.3. The molecule has 156 valence electrons. The number of benzene rings is 1. The van der Waals surface area contributed by atoms with Gasteiger partial charge in [0.05, 0.1) is 0 Å². The van der Waals surface area contributed by atoms with E-state index >= 15 is 0 Å². The van der Waals surface area contributed by atoms with E-state index in [0.717, 1.165) is 12.8 Å². The van der Waals surface area contributed by atoms with Gasteiger partial charge in [0.2, 0.25) is 0 Å². The van der Waals surface area contributed by atoms with Crippen molar-refractivity contribution in [1.29, 1.82) is 0 Å². The van der Waals surface area contributed by atoms with Crippen molar-refractivity contribution in [1.82, 2.24) is 19.5 Å². The van der Waals surface area contributed by atoms with Gasteiger partial charge in [-0.2, -0.15) is 0 Å². The van der Waals surface area contributed by atoms with Crippen LogP contribution in [0.2, 0.25) is 0 Å². The van der Waals surface area contributed by atoms with Crippen LogP contribution in [-0.2, 0) is 0 Å². The molecule has 1 aliphatic carbocycles. The van der Waals surface area contributed by atoms with Crippen LogP contribution in [0.5, 0.6) is 5.75 Å². The van der Waals surface area contributed by atoms with Crippen molar-refractivity contribution in [3.05, 3.63) is 42.4 Å². The first kappa shape index (κ1) is 20.2. The zero-order chi connectivity index (χ0) is 21.5. The van der Waals surface area contributed by atoms with E-state index in [4.69, 9.17) is 0 Å². The normalized spacial score (nSPS) is 14.0. The Bertz CT molecular complexity index is 1100. The van der Waals surface area contributed by atoms with Gasteiger partial charge in [-0.1, -0.05) is 23.9 Å². The van der Waals surface area contributed by atoms with Crippen LogP contribution >= 0.6 is 11.8 Å². The number of hydrogen-bond acceptors (Lipinski definition) is 6. The van der Waals surface area contributed by atoms with E-state index in [1.54, 1.807) is 10.6 Å². The van der Waals surface area contributed by atoms with Crippen molar-refractivity contribution in [2.24, 2.45) is 0 Å². The largest absolute Gasteiger partial charge is 0.573 e. The lowest BCUT2D eigenvalue weighted by atomic mass is 10.2. The second kappa shape index (κ2) is 7.63. The maximum Gasteiger partial charge on any atom is 0.573 e. The Labute approximate surface area is 172 Å². The smallest absolute Gasteiger partial charge is 0.477 e. The van der Waals surface area contributed by atoms with Crippen LogP contribution in [0.15, 0.2) is 41.8 Å². The third-order valence-electron chi connectivity index (χ3n) is 4.44. The van der Waals surface area contributed by atoms with Crippen LogP contribution in [0.4, 0.5) is 13.2 Å². The predicted octanol–water partition coefficient (Wildman–Crippen LogP) is 4.66. The number of thioether (sulfide) groups is 1. The molecule has 1 fully saturated rings. The molecule has 1 aliphatic rings. The minimum Gasteiger partial charge on any atom is -0.477 e. The van der Waals surface area contributed by atoms with Crippen molar-refractivity contribution < 1.29 is 27.8 Å². The van der Waals surface area contributed by atoms with Crippen molar-refractivity contribution in [2.75, 3.05) is 6.26 Å². The Hall–Kier alpha value is -3.08. The standard InChI is InChI=1S/C19H15F3N4O3S/c1-30-18-23-8-11(9-24-18)14-15(17(27)28)26(12-5-6-12)16(25-14)10-3-2-4-13(7-10)29-19(20,21)22/h2-4,7-9,12H,5-6H2,1H3,(H,27,28). The molecule has 0 spiro atoms. The van der Waals surface area contributed by atoms with Gasteiger partial charge in [-0.25, -0.2) is 19.7 Å². The van der Waals surface area contributed by atoms with E-state index in [-0.39, 0.29) is 23.3 Å². The molecule has 0 aliphatic heterocycles. The summed E-state index contributed by atoms with van der Waals surface area (Å²) in [6, 6.07) is 5.24. The zero-order valence-electron chi connectivity index (χ0n) is 15.6. The molecule has 1 saturated carbocycles. The summed E-state index contributed by atoms with van der Waals surface area (Å²) >= 11 is 1.34. The maximum atomic E-state index is 12.6. The number of carbonyl (C=O) groups is 1. The fourth-order valence-electron chi connectivity index (χ4n) is 3.11. The highest BCUT2D eigenvalue weighted by Crippen LogP contribution is 2.42. The molecule has 0 unspecified atom stereocenters. The summed E-state index contributed by atoms with van der Waals surface area (Å²) in [7, 11) is 0. The number of nitrogens with zero attached hydrogens (tertiary/aromatic N) is 4. The van der Waals surface area contributed by atoms with Crippen LogP contribution in [0.25, 0.3) is 22.6 Å². The summed E-state index contributed by atoms with van der Waals surface area (Å²) < 4.78 is 43.4. The molecule has 7 nitrogen and oxygen atoms in total. The predicted molar refractivity (Wildman–Crippen MR) is 102 cm³/mol. The van der Waals surface area contributed by atoms with Crippen LogP contribution in [0.3, 0.4) is 0 Å². The van der Waals surface area contributed by atoms with Crippen molar-refractivity contribution in [3.63, 3.8) is 0 Å². The summed E-state index contributed by atoms with van der Waals surface area (Å²) in [6.45, 7) is 0. The summed E-state index contributed by atoms with van der Waals surface area (Å²) in [5.41, 5.74) is 0.849. The number of aromatic nitrogens is 4. The quantitative estimate of drug-likeness (QED) is 0.444. The maximum absolute atomic E-state index is 12.6. The number of carboxylic acid groups (broad SMARTS) is 1. The fraction of sp³-hybridized carbons (Fsp3) is 0.263. The molecule has 3 aromatic rings. The Morgan fingerprint density at radius 1 is 1.23 bits per heavy atom.